The van der Waals surface area contributed by atoms with Crippen molar-refractivity contribution in [2.45, 2.75) is 37.8 Å². The number of primary amides is 1. The molecule has 0 aliphatic rings. The van der Waals surface area contributed by atoms with Gasteiger partial charge in [-0.05, 0) is 42.6 Å². The summed E-state index contributed by atoms with van der Waals surface area (Å²) in [5, 5.41) is 15.4. The van der Waals surface area contributed by atoms with Gasteiger partial charge in [0.15, 0.2) is 11.5 Å². The maximum absolute atomic E-state index is 12.9. The lowest BCUT2D eigenvalue weighted by Crippen LogP contribution is -2.52. The van der Waals surface area contributed by atoms with Gasteiger partial charge >= 0.3 is 5.97 Å². The molecule has 0 radical (unpaired) electrons. The van der Waals surface area contributed by atoms with E-state index in [1.54, 1.807) is 18.2 Å². The number of benzene rings is 2. The van der Waals surface area contributed by atoms with Gasteiger partial charge in [0.25, 0.3) is 0 Å². The van der Waals surface area contributed by atoms with Crippen LogP contribution in [-0.4, -0.2) is 55.7 Å². The molecule has 0 bridgehead atoms. The molecule has 0 saturated carbocycles. The molecular formula is C24H31N3O6. The molecule has 0 unspecified atom stereocenters. The van der Waals surface area contributed by atoms with Gasteiger partial charge in [0.05, 0.1) is 26.7 Å². The second-order valence-corrected chi connectivity index (χ2v) is 7.56. The molecule has 2 aromatic carbocycles. The number of nitrogens with one attached hydrogen (secondary N) is 2. The van der Waals surface area contributed by atoms with E-state index in [1.165, 1.54) is 14.2 Å². The molecule has 0 saturated heterocycles. The van der Waals surface area contributed by atoms with Gasteiger partial charge in [-0.2, -0.15) is 0 Å². The zero-order valence-electron chi connectivity index (χ0n) is 18.9. The predicted octanol–water partition coefficient (Wildman–Crippen LogP) is 1.07. The Labute approximate surface area is 193 Å². The average molecular weight is 458 g/mol. The minimum absolute atomic E-state index is 0.0632. The van der Waals surface area contributed by atoms with Crippen molar-refractivity contribution < 1.29 is 29.0 Å². The number of rotatable bonds is 13. The molecule has 5 N–H and O–H groups in total. The number of nitrogens with two attached hydrogens (primary N) is 1. The van der Waals surface area contributed by atoms with E-state index in [9.17, 15) is 19.5 Å². The van der Waals surface area contributed by atoms with Crippen LogP contribution in [0.15, 0.2) is 48.5 Å². The summed E-state index contributed by atoms with van der Waals surface area (Å²) in [7, 11) is 2.73. The number of amides is 2. The molecule has 0 aromatic heterocycles. The summed E-state index contributed by atoms with van der Waals surface area (Å²) in [4.78, 5) is 36.6. The number of ether oxygens (including phenoxy) is 2. The van der Waals surface area contributed by atoms with Crippen LogP contribution < -0.4 is 21.1 Å². The fourth-order valence-corrected chi connectivity index (χ4v) is 3.36. The highest BCUT2D eigenvalue weighted by atomic mass is 16.5. The number of carbonyl (C=O) groups is 3. The van der Waals surface area contributed by atoms with Crippen LogP contribution in [0.25, 0.3) is 0 Å². The molecule has 0 spiro atoms. The maximum Gasteiger partial charge on any atom is 0.328 e. The van der Waals surface area contributed by atoms with Crippen molar-refractivity contribution in [3.63, 3.8) is 0 Å². The summed E-state index contributed by atoms with van der Waals surface area (Å²) < 4.78 is 9.93. The quantitative estimate of drug-likeness (QED) is 0.260. The summed E-state index contributed by atoms with van der Waals surface area (Å²) in [5.74, 6) is -1.27. The smallest absolute Gasteiger partial charge is 0.328 e. The van der Waals surface area contributed by atoms with Gasteiger partial charge < -0.3 is 30.9 Å². The minimum atomic E-state index is -0.897. The first-order valence-corrected chi connectivity index (χ1v) is 10.6. The summed E-state index contributed by atoms with van der Waals surface area (Å²) in [6.07, 6.45) is 1.36. The first kappa shape index (κ1) is 25.7. The van der Waals surface area contributed by atoms with Gasteiger partial charge in [-0.15, -0.1) is 0 Å². The summed E-state index contributed by atoms with van der Waals surface area (Å²) in [6.45, 7) is 0.427. The molecule has 2 amide bonds. The molecule has 9 heteroatoms. The molecule has 2 atom stereocenters. The van der Waals surface area contributed by atoms with Crippen LogP contribution in [-0.2, 0) is 32.0 Å². The SMILES string of the molecule is COC(=O)[C@H](Cc1ccccc1)NC(=O)[C@H](CC(N)=O)NCCCc1ccc(O)c(OC)c1. The van der Waals surface area contributed by atoms with Gasteiger partial charge in [-0.25, -0.2) is 4.79 Å². The number of methoxy groups -OCH3 is 2. The topological polar surface area (TPSA) is 140 Å². The molecule has 0 aliphatic heterocycles. The van der Waals surface area contributed by atoms with Crippen LogP contribution >= 0.6 is 0 Å². The van der Waals surface area contributed by atoms with Crippen LogP contribution in [0, 0.1) is 0 Å². The number of esters is 1. The maximum atomic E-state index is 12.9. The van der Waals surface area contributed by atoms with E-state index in [4.69, 9.17) is 15.2 Å². The Bertz CT molecular complexity index is 935. The van der Waals surface area contributed by atoms with Gasteiger partial charge in [0.1, 0.15) is 6.04 Å². The largest absolute Gasteiger partial charge is 0.504 e. The van der Waals surface area contributed by atoms with Crippen molar-refractivity contribution in [3.8, 4) is 11.5 Å². The van der Waals surface area contributed by atoms with Crippen LogP contribution in [0.3, 0.4) is 0 Å². The van der Waals surface area contributed by atoms with Crippen LogP contribution in [0.5, 0.6) is 11.5 Å². The van der Waals surface area contributed by atoms with E-state index in [1.807, 2.05) is 30.3 Å². The molecule has 0 heterocycles. The molecule has 33 heavy (non-hydrogen) atoms. The van der Waals surface area contributed by atoms with E-state index < -0.39 is 29.9 Å². The highest BCUT2D eigenvalue weighted by molar-refractivity contribution is 5.91. The van der Waals surface area contributed by atoms with Gasteiger partial charge in [0.2, 0.25) is 11.8 Å². The van der Waals surface area contributed by atoms with Crippen molar-refractivity contribution in [1.29, 1.82) is 0 Å². The molecule has 9 nitrogen and oxygen atoms in total. The zero-order chi connectivity index (χ0) is 24.2. The Balaban J connectivity index is 1.96. The number of phenolic OH excluding ortho intramolecular Hbond substituents is 1. The molecular weight excluding hydrogens is 426 g/mol. The monoisotopic (exact) mass is 457 g/mol. The normalized spacial score (nSPS) is 12.4. The Morgan fingerprint density at radius 2 is 1.76 bits per heavy atom. The highest BCUT2D eigenvalue weighted by Gasteiger charge is 2.27. The summed E-state index contributed by atoms with van der Waals surface area (Å²) >= 11 is 0. The standard InChI is InChI=1S/C24H31N3O6/c1-32-21-14-17(10-11-20(21)28)9-6-12-26-18(15-22(25)29)23(30)27-19(24(31)33-2)13-16-7-4-3-5-8-16/h3-5,7-8,10-11,14,18-19,26,28H,6,9,12-13,15H2,1-2H3,(H2,25,29)(H,27,30)/t18-,19-/m0/s1. The summed E-state index contributed by atoms with van der Waals surface area (Å²) in [5.41, 5.74) is 7.14. The van der Waals surface area contributed by atoms with Crippen molar-refractivity contribution in [3.05, 3.63) is 59.7 Å². The molecule has 178 valence electrons. The number of phenols is 1. The lowest BCUT2D eigenvalue weighted by atomic mass is 10.0. The number of aryl methyl sites for hydroxylation is 1. The van der Waals surface area contributed by atoms with Crippen molar-refractivity contribution >= 4 is 17.8 Å². The van der Waals surface area contributed by atoms with E-state index in [0.717, 1.165) is 11.1 Å². The highest BCUT2D eigenvalue weighted by Crippen LogP contribution is 2.26. The first-order chi connectivity index (χ1) is 15.8. The molecule has 0 fully saturated rings. The fraction of sp³-hybridized carbons (Fsp3) is 0.375. The van der Waals surface area contributed by atoms with Gasteiger partial charge in [-0.1, -0.05) is 36.4 Å². The van der Waals surface area contributed by atoms with Crippen molar-refractivity contribution in [2.75, 3.05) is 20.8 Å². The second-order valence-electron chi connectivity index (χ2n) is 7.56. The third-order valence-corrected chi connectivity index (χ3v) is 5.08. The van der Waals surface area contributed by atoms with Crippen LogP contribution in [0.1, 0.15) is 24.0 Å². The lowest BCUT2D eigenvalue weighted by molar-refractivity contribution is -0.145. The third kappa shape index (κ3) is 8.46. The fourth-order valence-electron chi connectivity index (χ4n) is 3.36. The van der Waals surface area contributed by atoms with Gasteiger partial charge in [-0.3, -0.25) is 9.59 Å². The van der Waals surface area contributed by atoms with E-state index in [-0.39, 0.29) is 18.6 Å². The minimum Gasteiger partial charge on any atom is -0.504 e. The number of aromatic hydroxyl groups is 1. The van der Waals surface area contributed by atoms with Gasteiger partial charge in [0, 0.05) is 6.42 Å². The van der Waals surface area contributed by atoms with E-state index >= 15 is 0 Å². The third-order valence-electron chi connectivity index (χ3n) is 5.08. The molecule has 2 rings (SSSR count). The summed E-state index contributed by atoms with van der Waals surface area (Å²) in [6, 6.07) is 12.5. The Kier molecular flexibility index (Phi) is 10.2. The Morgan fingerprint density at radius 3 is 2.39 bits per heavy atom. The number of carbonyl (C=O) groups excluding carboxylic acids is 3. The van der Waals surface area contributed by atoms with E-state index in [2.05, 4.69) is 10.6 Å². The lowest BCUT2D eigenvalue weighted by Gasteiger charge is -2.22. The number of hydrogen-bond donors (Lipinski definition) is 4. The first-order valence-electron chi connectivity index (χ1n) is 10.6. The zero-order valence-corrected chi connectivity index (χ0v) is 18.9. The second kappa shape index (κ2) is 13.1. The molecule has 2 aromatic rings. The van der Waals surface area contributed by atoms with E-state index in [0.29, 0.717) is 25.1 Å². The van der Waals surface area contributed by atoms with Crippen LogP contribution in [0.2, 0.25) is 0 Å². The number of hydrogen-bond acceptors (Lipinski definition) is 7. The average Bonchev–Trinajstić information content (AvgIpc) is 2.81. The van der Waals surface area contributed by atoms with Crippen LogP contribution in [0.4, 0.5) is 0 Å². The predicted molar refractivity (Wildman–Crippen MR) is 123 cm³/mol. The van der Waals surface area contributed by atoms with Crippen molar-refractivity contribution in [1.82, 2.24) is 10.6 Å². The van der Waals surface area contributed by atoms with Crippen molar-refractivity contribution in [2.24, 2.45) is 5.73 Å². The Morgan fingerprint density at radius 1 is 1.03 bits per heavy atom. The molecule has 0 aliphatic carbocycles. The Hall–Kier alpha value is -3.59.